The van der Waals surface area contributed by atoms with Crippen LogP contribution in [0.15, 0.2) is 18.3 Å². The number of pyridine rings is 1. The van der Waals surface area contributed by atoms with E-state index in [0.29, 0.717) is 6.04 Å². The van der Waals surface area contributed by atoms with Crippen molar-refractivity contribution >= 4 is 11.3 Å². The Morgan fingerprint density at radius 2 is 2.00 bits per heavy atom. The molecule has 2 aromatic rings. The third kappa shape index (κ3) is 2.18. The highest BCUT2D eigenvalue weighted by Gasteiger charge is 2.30. The maximum atomic E-state index is 4.37. The molecule has 0 saturated carbocycles. The van der Waals surface area contributed by atoms with Crippen molar-refractivity contribution in [2.75, 3.05) is 31.1 Å². The van der Waals surface area contributed by atoms with Gasteiger partial charge in [-0.25, -0.2) is 9.50 Å². The Hall–Kier alpha value is -1.62. The second-order valence-corrected chi connectivity index (χ2v) is 5.13. The Bertz CT molecular complexity index is 566. The van der Waals surface area contributed by atoms with Crippen LogP contribution in [0.1, 0.15) is 19.7 Å². The summed E-state index contributed by atoms with van der Waals surface area (Å²) in [5.74, 6) is 0.821. The summed E-state index contributed by atoms with van der Waals surface area (Å²) in [6.07, 6.45) is 2.08. The fourth-order valence-electron chi connectivity index (χ4n) is 2.81. The first-order chi connectivity index (χ1) is 9.21. The van der Waals surface area contributed by atoms with Crippen LogP contribution in [0, 0.1) is 6.92 Å². The van der Waals surface area contributed by atoms with Gasteiger partial charge in [0.05, 0.1) is 11.9 Å². The van der Waals surface area contributed by atoms with Crippen molar-refractivity contribution in [3.05, 3.63) is 24.2 Å². The molecule has 0 bridgehead atoms. The van der Waals surface area contributed by atoms with Crippen LogP contribution in [0.2, 0.25) is 0 Å². The molecule has 5 heteroatoms. The Balaban J connectivity index is 1.73. The summed E-state index contributed by atoms with van der Waals surface area (Å²) in [7, 11) is 0. The molecule has 3 heterocycles. The lowest BCUT2D eigenvalue weighted by molar-refractivity contribution is 0.183. The maximum absolute atomic E-state index is 4.37. The normalized spacial score (nSPS) is 16.3. The smallest absolute Gasteiger partial charge is 0.155 e. The number of fused-ring (bicyclic) bond motifs is 1. The minimum absolute atomic E-state index is 0.697. The van der Waals surface area contributed by atoms with Crippen LogP contribution in [-0.4, -0.2) is 51.7 Å². The first-order valence-electron chi connectivity index (χ1n) is 7.03. The van der Waals surface area contributed by atoms with Crippen molar-refractivity contribution in [3.8, 4) is 0 Å². The molecule has 2 aromatic heterocycles. The summed E-state index contributed by atoms with van der Waals surface area (Å²) in [6, 6.07) is 4.88. The molecule has 1 aliphatic heterocycles. The Labute approximate surface area is 113 Å². The molecule has 1 saturated heterocycles. The van der Waals surface area contributed by atoms with Gasteiger partial charge >= 0.3 is 0 Å². The lowest BCUT2D eigenvalue weighted by atomic mass is 10.1. The molecule has 0 amide bonds. The summed E-state index contributed by atoms with van der Waals surface area (Å²) in [4.78, 5) is 9.28. The van der Waals surface area contributed by atoms with Crippen molar-refractivity contribution in [2.24, 2.45) is 0 Å². The zero-order valence-electron chi connectivity index (χ0n) is 11.9. The fraction of sp³-hybridized carbons (Fsp3) is 0.571. The van der Waals surface area contributed by atoms with Crippen LogP contribution in [0.3, 0.4) is 0 Å². The van der Waals surface area contributed by atoms with E-state index in [1.54, 1.807) is 0 Å². The maximum Gasteiger partial charge on any atom is 0.155 e. The van der Waals surface area contributed by atoms with Gasteiger partial charge in [-0.15, -0.1) is 0 Å². The number of anilines is 1. The second kappa shape index (κ2) is 4.81. The average Bonchev–Trinajstić information content (AvgIpc) is 2.72. The van der Waals surface area contributed by atoms with E-state index < -0.39 is 0 Å². The molecule has 1 fully saturated rings. The average molecular weight is 259 g/mol. The van der Waals surface area contributed by atoms with E-state index in [1.807, 2.05) is 17.5 Å². The number of hydrogen-bond acceptors (Lipinski definition) is 4. The van der Waals surface area contributed by atoms with Gasteiger partial charge in [0, 0.05) is 19.1 Å². The van der Waals surface area contributed by atoms with Gasteiger partial charge in [-0.05, 0) is 32.1 Å². The highest BCUT2D eigenvalue weighted by atomic mass is 15.3. The Kier molecular flexibility index (Phi) is 3.14. The van der Waals surface area contributed by atoms with Crippen molar-refractivity contribution in [2.45, 2.75) is 26.8 Å². The number of nitrogens with zero attached hydrogens (tertiary/aromatic N) is 5. The molecule has 0 aromatic carbocycles. The quantitative estimate of drug-likeness (QED) is 0.835. The van der Waals surface area contributed by atoms with Crippen molar-refractivity contribution in [1.29, 1.82) is 0 Å². The topological polar surface area (TPSA) is 36.7 Å². The third-order valence-electron chi connectivity index (χ3n) is 3.98. The highest BCUT2D eigenvalue weighted by molar-refractivity contribution is 5.53. The lowest BCUT2D eigenvalue weighted by Crippen LogP contribution is -2.59. The third-order valence-corrected chi connectivity index (χ3v) is 3.98. The molecule has 0 radical (unpaired) electrons. The molecule has 0 aliphatic carbocycles. The minimum atomic E-state index is 0.697. The second-order valence-electron chi connectivity index (χ2n) is 5.13. The minimum Gasteiger partial charge on any atom is -0.367 e. The summed E-state index contributed by atoms with van der Waals surface area (Å²) >= 11 is 0. The molecule has 5 nitrogen and oxygen atoms in total. The first-order valence-corrected chi connectivity index (χ1v) is 7.03. The summed E-state index contributed by atoms with van der Waals surface area (Å²) < 4.78 is 1.87. The predicted octanol–water partition coefficient (Wildman–Crippen LogP) is 1.57. The molecule has 0 unspecified atom stereocenters. The first kappa shape index (κ1) is 12.4. The van der Waals surface area contributed by atoms with Crippen molar-refractivity contribution in [3.63, 3.8) is 0 Å². The van der Waals surface area contributed by atoms with Gasteiger partial charge in [-0.3, -0.25) is 4.90 Å². The van der Waals surface area contributed by atoms with E-state index in [0.717, 1.165) is 37.7 Å². The standard InChI is InChI=1S/C14H21N5/c1-4-17(5-2)13-8-18(9-13)12-6-7-14-15-11(3)16-19(14)10-12/h6-7,10,13H,4-5,8-9H2,1-3H3. The zero-order chi connectivity index (χ0) is 13.4. The molecule has 19 heavy (non-hydrogen) atoms. The van der Waals surface area contributed by atoms with E-state index in [4.69, 9.17) is 0 Å². The van der Waals surface area contributed by atoms with Gasteiger partial charge in [0.1, 0.15) is 5.82 Å². The van der Waals surface area contributed by atoms with Crippen molar-refractivity contribution < 1.29 is 0 Å². The van der Waals surface area contributed by atoms with Gasteiger partial charge < -0.3 is 4.90 Å². The summed E-state index contributed by atoms with van der Waals surface area (Å²) in [5.41, 5.74) is 2.16. The molecular weight excluding hydrogens is 238 g/mol. The van der Waals surface area contributed by atoms with E-state index in [9.17, 15) is 0 Å². The van der Waals surface area contributed by atoms with Crippen LogP contribution in [0.4, 0.5) is 5.69 Å². The van der Waals surface area contributed by atoms with Crippen LogP contribution in [0.25, 0.3) is 5.65 Å². The molecule has 0 spiro atoms. The molecule has 102 valence electrons. The van der Waals surface area contributed by atoms with Gasteiger partial charge in [0.25, 0.3) is 0 Å². The monoisotopic (exact) mass is 259 g/mol. The Morgan fingerprint density at radius 1 is 1.26 bits per heavy atom. The molecule has 0 atom stereocenters. The van der Waals surface area contributed by atoms with Crippen LogP contribution < -0.4 is 4.90 Å². The van der Waals surface area contributed by atoms with Crippen LogP contribution >= 0.6 is 0 Å². The van der Waals surface area contributed by atoms with Crippen molar-refractivity contribution in [1.82, 2.24) is 19.5 Å². The number of likely N-dealkylation sites (N-methyl/N-ethyl adjacent to an activating group) is 1. The largest absolute Gasteiger partial charge is 0.367 e. The number of aromatic nitrogens is 3. The van der Waals surface area contributed by atoms with E-state index in [-0.39, 0.29) is 0 Å². The van der Waals surface area contributed by atoms with E-state index in [1.165, 1.54) is 5.69 Å². The highest BCUT2D eigenvalue weighted by Crippen LogP contribution is 2.23. The summed E-state index contributed by atoms with van der Waals surface area (Å²) in [5, 5.41) is 4.37. The molecule has 1 aliphatic rings. The summed E-state index contributed by atoms with van der Waals surface area (Å²) in [6.45, 7) is 10.9. The van der Waals surface area contributed by atoms with Gasteiger partial charge in [-0.1, -0.05) is 13.8 Å². The lowest BCUT2D eigenvalue weighted by Gasteiger charge is -2.46. The van der Waals surface area contributed by atoms with E-state index >= 15 is 0 Å². The zero-order valence-corrected chi connectivity index (χ0v) is 11.9. The van der Waals surface area contributed by atoms with Gasteiger partial charge in [0.15, 0.2) is 5.65 Å². The molecular formula is C14H21N5. The fourth-order valence-corrected chi connectivity index (χ4v) is 2.81. The van der Waals surface area contributed by atoms with Crippen LogP contribution in [0.5, 0.6) is 0 Å². The number of hydrogen-bond donors (Lipinski definition) is 0. The molecule has 0 N–H and O–H groups in total. The van der Waals surface area contributed by atoms with Gasteiger partial charge in [0.2, 0.25) is 0 Å². The SMILES string of the molecule is CCN(CC)C1CN(c2ccc3nc(C)nn3c2)C1. The number of aryl methyl sites for hydroxylation is 1. The number of rotatable bonds is 4. The van der Waals surface area contributed by atoms with Crippen LogP contribution in [-0.2, 0) is 0 Å². The predicted molar refractivity (Wildman–Crippen MR) is 76.6 cm³/mol. The molecule has 3 rings (SSSR count). The van der Waals surface area contributed by atoms with E-state index in [2.05, 4.69) is 46.0 Å². The Morgan fingerprint density at radius 3 is 2.68 bits per heavy atom. The van der Waals surface area contributed by atoms with Gasteiger partial charge in [-0.2, -0.15) is 5.10 Å².